The van der Waals surface area contributed by atoms with Crippen molar-refractivity contribution in [1.29, 1.82) is 0 Å². The van der Waals surface area contributed by atoms with Crippen LogP contribution in [0, 0.1) is 0 Å². The molecule has 1 aromatic heterocycles. The van der Waals surface area contributed by atoms with E-state index < -0.39 is 11.9 Å². The van der Waals surface area contributed by atoms with Crippen LogP contribution in [-0.4, -0.2) is 53.9 Å². The van der Waals surface area contributed by atoms with Crippen molar-refractivity contribution in [2.45, 2.75) is 44.7 Å². The van der Waals surface area contributed by atoms with Gasteiger partial charge in [0.1, 0.15) is 11.3 Å². The van der Waals surface area contributed by atoms with Crippen LogP contribution in [0.1, 0.15) is 58.5 Å². The Morgan fingerprint density at radius 3 is 2.35 bits per heavy atom. The molecule has 0 spiro atoms. The second kappa shape index (κ2) is 10.7. The summed E-state index contributed by atoms with van der Waals surface area (Å²) in [6.45, 7) is 0.801. The molecule has 1 fully saturated rings. The van der Waals surface area contributed by atoms with E-state index in [0.717, 1.165) is 17.7 Å². The molecule has 3 aromatic rings. The molecule has 7 nitrogen and oxygen atoms in total. The zero-order valence-corrected chi connectivity index (χ0v) is 20.0. The molecule has 0 N–H and O–H groups in total. The summed E-state index contributed by atoms with van der Waals surface area (Å²) in [7, 11) is 4.75. The lowest BCUT2D eigenvalue weighted by Crippen LogP contribution is -2.32. The standard InChI is InChI=1S/C27H31N3O4/c1-29(21-13-6-4-7-14-21)18-19-11-10-12-20(17-19)24-23(26(31)33-2)25(27(32)34-3)30(28-24)22-15-8-5-9-16-22/h5,8-12,15-17,21H,4,6-7,13-14,18H2,1-3H3. The van der Waals surface area contributed by atoms with E-state index in [1.54, 1.807) is 0 Å². The molecular formula is C27H31N3O4. The molecule has 0 aliphatic heterocycles. The van der Waals surface area contributed by atoms with E-state index in [4.69, 9.17) is 14.6 Å². The van der Waals surface area contributed by atoms with Crippen molar-refractivity contribution in [3.05, 3.63) is 71.4 Å². The first-order chi connectivity index (χ1) is 16.5. The van der Waals surface area contributed by atoms with Crippen LogP contribution in [0.3, 0.4) is 0 Å². The normalized spacial score (nSPS) is 14.2. The predicted molar refractivity (Wildman–Crippen MR) is 130 cm³/mol. The second-order valence-corrected chi connectivity index (χ2v) is 8.71. The molecule has 0 saturated heterocycles. The number of rotatable bonds is 7. The van der Waals surface area contributed by atoms with Crippen LogP contribution in [0.25, 0.3) is 16.9 Å². The average Bonchev–Trinajstić information content (AvgIpc) is 3.30. The minimum absolute atomic E-state index is 0.0419. The molecule has 1 aliphatic carbocycles. The second-order valence-electron chi connectivity index (χ2n) is 8.71. The molecule has 178 valence electrons. The fourth-order valence-corrected chi connectivity index (χ4v) is 4.71. The Labute approximate surface area is 200 Å². The van der Waals surface area contributed by atoms with Gasteiger partial charge in [-0.15, -0.1) is 0 Å². The Balaban J connectivity index is 1.78. The third kappa shape index (κ3) is 4.89. The molecule has 0 unspecified atom stereocenters. The van der Waals surface area contributed by atoms with E-state index in [9.17, 15) is 9.59 Å². The number of para-hydroxylation sites is 1. The van der Waals surface area contributed by atoms with Gasteiger partial charge >= 0.3 is 11.9 Å². The SMILES string of the molecule is COC(=O)c1c(-c2cccc(CN(C)C3CCCCC3)c2)nn(-c2ccccc2)c1C(=O)OC. The summed E-state index contributed by atoms with van der Waals surface area (Å²) in [6.07, 6.45) is 6.34. The quantitative estimate of drug-likeness (QED) is 0.467. The maximum atomic E-state index is 12.9. The molecule has 7 heteroatoms. The molecule has 0 bridgehead atoms. The van der Waals surface area contributed by atoms with E-state index >= 15 is 0 Å². The maximum Gasteiger partial charge on any atom is 0.357 e. The van der Waals surface area contributed by atoms with E-state index in [1.165, 1.54) is 51.0 Å². The summed E-state index contributed by atoms with van der Waals surface area (Å²) < 4.78 is 11.5. The van der Waals surface area contributed by atoms with Crippen LogP contribution in [0.4, 0.5) is 0 Å². The van der Waals surface area contributed by atoms with Gasteiger partial charge in [0.2, 0.25) is 0 Å². The molecule has 1 aliphatic rings. The molecule has 0 radical (unpaired) electrons. The van der Waals surface area contributed by atoms with Gasteiger partial charge in [0.15, 0.2) is 5.69 Å². The number of esters is 2. The molecular weight excluding hydrogens is 430 g/mol. The number of nitrogens with zero attached hydrogens (tertiary/aromatic N) is 3. The molecule has 34 heavy (non-hydrogen) atoms. The van der Waals surface area contributed by atoms with E-state index in [0.29, 0.717) is 17.4 Å². The number of methoxy groups -OCH3 is 2. The summed E-state index contributed by atoms with van der Waals surface area (Å²) in [6, 6.07) is 17.8. The smallest absolute Gasteiger partial charge is 0.357 e. The highest BCUT2D eigenvalue weighted by molar-refractivity contribution is 6.06. The summed E-state index contributed by atoms with van der Waals surface area (Å²) in [5, 5.41) is 4.70. The Morgan fingerprint density at radius 2 is 1.68 bits per heavy atom. The van der Waals surface area contributed by atoms with Gasteiger partial charge in [0, 0.05) is 18.2 Å². The largest absolute Gasteiger partial charge is 0.465 e. The van der Waals surface area contributed by atoms with Crippen molar-refractivity contribution in [2.75, 3.05) is 21.3 Å². The van der Waals surface area contributed by atoms with Crippen molar-refractivity contribution in [3.8, 4) is 16.9 Å². The lowest BCUT2D eigenvalue weighted by molar-refractivity contribution is 0.0549. The number of carbonyl (C=O) groups excluding carboxylic acids is 2. The molecule has 1 heterocycles. The summed E-state index contributed by atoms with van der Waals surface area (Å²) in [4.78, 5) is 28.1. The summed E-state index contributed by atoms with van der Waals surface area (Å²) in [5.41, 5.74) is 3.03. The monoisotopic (exact) mass is 461 g/mol. The lowest BCUT2D eigenvalue weighted by Gasteiger charge is -2.31. The van der Waals surface area contributed by atoms with Crippen LogP contribution >= 0.6 is 0 Å². The predicted octanol–water partition coefficient (Wildman–Crippen LogP) is 4.88. The number of carbonyl (C=O) groups is 2. The van der Waals surface area contributed by atoms with Crippen LogP contribution in [-0.2, 0) is 16.0 Å². The fraction of sp³-hybridized carbons (Fsp3) is 0.370. The minimum Gasteiger partial charge on any atom is -0.465 e. The van der Waals surface area contributed by atoms with E-state index in [-0.39, 0.29) is 11.3 Å². The van der Waals surface area contributed by atoms with Crippen molar-refractivity contribution in [1.82, 2.24) is 14.7 Å². The lowest BCUT2D eigenvalue weighted by atomic mass is 9.94. The molecule has 4 rings (SSSR count). The first kappa shape index (κ1) is 23.7. The van der Waals surface area contributed by atoms with Crippen molar-refractivity contribution in [2.24, 2.45) is 0 Å². The Hall–Kier alpha value is -3.45. The van der Waals surface area contributed by atoms with Gasteiger partial charge < -0.3 is 9.47 Å². The molecule has 0 amide bonds. The van der Waals surface area contributed by atoms with Gasteiger partial charge in [0.05, 0.1) is 19.9 Å². The zero-order chi connectivity index (χ0) is 24.1. The highest BCUT2D eigenvalue weighted by atomic mass is 16.5. The highest BCUT2D eigenvalue weighted by Crippen LogP contribution is 2.30. The van der Waals surface area contributed by atoms with Crippen LogP contribution in [0.2, 0.25) is 0 Å². The Morgan fingerprint density at radius 1 is 0.971 bits per heavy atom. The average molecular weight is 462 g/mol. The Bertz CT molecular complexity index is 1150. The molecule has 0 atom stereocenters. The number of aromatic nitrogens is 2. The maximum absolute atomic E-state index is 12.9. The van der Waals surface area contributed by atoms with Gasteiger partial charge in [-0.25, -0.2) is 14.3 Å². The van der Waals surface area contributed by atoms with E-state index in [1.807, 2.05) is 48.5 Å². The Kier molecular flexibility index (Phi) is 7.43. The topological polar surface area (TPSA) is 73.7 Å². The van der Waals surface area contributed by atoms with Crippen LogP contribution < -0.4 is 0 Å². The van der Waals surface area contributed by atoms with Gasteiger partial charge in [-0.2, -0.15) is 5.10 Å². The number of ether oxygens (including phenoxy) is 2. The van der Waals surface area contributed by atoms with Crippen LogP contribution in [0.15, 0.2) is 54.6 Å². The van der Waals surface area contributed by atoms with Crippen LogP contribution in [0.5, 0.6) is 0 Å². The zero-order valence-electron chi connectivity index (χ0n) is 20.0. The third-order valence-corrected chi connectivity index (χ3v) is 6.48. The summed E-state index contributed by atoms with van der Waals surface area (Å²) in [5.74, 6) is -1.29. The van der Waals surface area contributed by atoms with Crippen molar-refractivity contribution >= 4 is 11.9 Å². The van der Waals surface area contributed by atoms with Gasteiger partial charge in [-0.3, -0.25) is 4.90 Å². The van der Waals surface area contributed by atoms with Gasteiger partial charge in [0.25, 0.3) is 0 Å². The summed E-state index contributed by atoms with van der Waals surface area (Å²) >= 11 is 0. The number of hydrogen-bond acceptors (Lipinski definition) is 6. The van der Waals surface area contributed by atoms with Crippen molar-refractivity contribution < 1.29 is 19.1 Å². The molecule has 2 aromatic carbocycles. The van der Waals surface area contributed by atoms with E-state index in [2.05, 4.69) is 18.0 Å². The van der Waals surface area contributed by atoms with Gasteiger partial charge in [-0.05, 0) is 43.7 Å². The van der Waals surface area contributed by atoms with Crippen molar-refractivity contribution in [3.63, 3.8) is 0 Å². The third-order valence-electron chi connectivity index (χ3n) is 6.48. The number of hydrogen-bond donors (Lipinski definition) is 0. The fourth-order valence-electron chi connectivity index (χ4n) is 4.71. The molecule has 1 saturated carbocycles. The number of benzene rings is 2. The highest BCUT2D eigenvalue weighted by Gasteiger charge is 2.31. The first-order valence-electron chi connectivity index (χ1n) is 11.7. The minimum atomic E-state index is -0.656. The van der Waals surface area contributed by atoms with Gasteiger partial charge in [-0.1, -0.05) is 55.7 Å². The first-order valence-corrected chi connectivity index (χ1v) is 11.7.